The van der Waals surface area contributed by atoms with E-state index >= 15 is 0 Å². The number of hydrogen-bond donors (Lipinski definition) is 1. The molecule has 142 valence electrons. The smallest absolute Gasteiger partial charge is 0.253 e. The number of benzene rings is 1. The summed E-state index contributed by atoms with van der Waals surface area (Å²) in [5, 5.41) is 8.07. The van der Waals surface area contributed by atoms with Crippen molar-refractivity contribution in [2.75, 3.05) is 19.9 Å². The van der Waals surface area contributed by atoms with Crippen molar-refractivity contribution < 1.29 is 9.53 Å². The predicted octanol–water partition coefficient (Wildman–Crippen LogP) is 2.37. The molecular formula is C19H23N5O2S. The summed E-state index contributed by atoms with van der Waals surface area (Å²) in [6.45, 7) is 4.43. The third-order valence-corrected chi connectivity index (χ3v) is 4.98. The summed E-state index contributed by atoms with van der Waals surface area (Å²) in [5.41, 5.74) is 3.75. The molecule has 0 aliphatic carbocycles. The van der Waals surface area contributed by atoms with Crippen LogP contribution in [0.1, 0.15) is 22.5 Å². The highest BCUT2D eigenvalue weighted by Gasteiger charge is 2.15. The van der Waals surface area contributed by atoms with Gasteiger partial charge in [0.1, 0.15) is 5.75 Å². The van der Waals surface area contributed by atoms with Crippen LogP contribution in [-0.2, 0) is 17.6 Å². The molecule has 0 saturated carbocycles. The molecule has 0 unspecified atom stereocenters. The SMILES string of the molecule is COc1ccc(CCNC(=O)Cc2c(C)nc3nc(SC)nn3c2C)cc1. The number of aromatic nitrogens is 4. The normalized spacial score (nSPS) is 11.0. The Morgan fingerprint density at radius 3 is 2.63 bits per heavy atom. The molecule has 2 heterocycles. The van der Waals surface area contributed by atoms with Crippen molar-refractivity contribution in [3.63, 3.8) is 0 Å². The lowest BCUT2D eigenvalue weighted by Crippen LogP contribution is -2.28. The fourth-order valence-corrected chi connectivity index (χ4v) is 3.23. The molecule has 0 aliphatic rings. The van der Waals surface area contributed by atoms with Crippen molar-refractivity contribution in [3.8, 4) is 5.75 Å². The van der Waals surface area contributed by atoms with Crippen LogP contribution in [-0.4, -0.2) is 45.4 Å². The number of methoxy groups -OCH3 is 1. The molecule has 0 spiro atoms. The summed E-state index contributed by atoms with van der Waals surface area (Å²) in [6, 6.07) is 7.85. The molecule has 1 aromatic carbocycles. The number of hydrogen-bond acceptors (Lipinski definition) is 6. The van der Waals surface area contributed by atoms with Crippen molar-refractivity contribution in [3.05, 3.63) is 46.8 Å². The first-order valence-corrected chi connectivity index (χ1v) is 9.90. The zero-order chi connectivity index (χ0) is 19.4. The van der Waals surface area contributed by atoms with Crippen molar-refractivity contribution >= 4 is 23.4 Å². The van der Waals surface area contributed by atoms with Gasteiger partial charge >= 0.3 is 0 Å². The highest BCUT2D eigenvalue weighted by molar-refractivity contribution is 7.98. The Bertz CT molecular complexity index is 953. The molecule has 1 N–H and O–H groups in total. The van der Waals surface area contributed by atoms with Crippen LogP contribution in [0.15, 0.2) is 29.4 Å². The van der Waals surface area contributed by atoms with Gasteiger partial charge in [0, 0.05) is 23.5 Å². The van der Waals surface area contributed by atoms with Crippen LogP contribution in [0.2, 0.25) is 0 Å². The maximum Gasteiger partial charge on any atom is 0.253 e. The maximum absolute atomic E-state index is 12.4. The van der Waals surface area contributed by atoms with Gasteiger partial charge in [-0.25, -0.2) is 9.50 Å². The zero-order valence-corrected chi connectivity index (χ0v) is 16.8. The number of carbonyl (C=O) groups excluding carboxylic acids is 1. The van der Waals surface area contributed by atoms with E-state index in [0.29, 0.717) is 17.5 Å². The molecule has 1 amide bonds. The van der Waals surface area contributed by atoms with Gasteiger partial charge < -0.3 is 10.1 Å². The molecule has 27 heavy (non-hydrogen) atoms. The minimum absolute atomic E-state index is 0.0268. The van der Waals surface area contributed by atoms with Gasteiger partial charge in [-0.05, 0) is 44.2 Å². The van der Waals surface area contributed by atoms with E-state index in [4.69, 9.17) is 4.74 Å². The summed E-state index contributed by atoms with van der Waals surface area (Å²) < 4.78 is 6.86. The quantitative estimate of drug-likeness (QED) is 0.629. The Morgan fingerprint density at radius 2 is 1.96 bits per heavy atom. The van der Waals surface area contributed by atoms with E-state index in [0.717, 1.165) is 34.7 Å². The lowest BCUT2D eigenvalue weighted by atomic mass is 10.1. The minimum Gasteiger partial charge on any atom is -0.497 e. The molecule has 2 aromatic heterocycles. The van der Waals surface area contributed by atoms with Crippen LogP contribution in [0.3, 0.4) is 0 Å². The molecule has 0 fully saturated rings. The molecule has 0 bridgehead atoms. The van der Waals surface area contributed by atoms with Crippen molar-refractivity contribution in [1.82, 2.24) is 24.9 Å². The van der Waals surface area contributed by atoms with E-state index < -0.39 is 0 Å². The molecule has 7 nitrogen and oxygen atoms in total. The third-order valence-electron chi connectivity index (χ3n) is 4.44. The molecular weight excluding hydrogens is 362 g/mol. The van der Waals surface area contributed by atoms with Crippen LogP contribution in [0, 0.1) is 13.8 Å². The largest absolute Gasteiger partial charge is 0.497 e. The zero-order valence-electron chi connectivity index (χ0n) is 15.9. The Hall–Kier alpha value is -2.61. The second-order valence-electron chi connectivity index (χ2n) is 6.20. The van der Waals surface area contributed by atoms with Gasteiger partial charge in [-0.15, -0.1) is 5.10 Å². The molecule has 8 heteroatoms. The highest BCUT2D eigenvalue weighted by atomic mass is 32.2. The van der Waals surface area contributed by atoms with E-state index in [1.165, 1.54) is 11.8 Å². The monoisotopic (exact) mass is 385 g/mol. The van der Waals surface area contributed by atoms with E-state index in [-0.39, 0.29) is 12.3 Å². The Balaban J connectivity index is 1.63. The van der Waals surface area contributed by atoms with Crippen molar-refractivity contribution in [1.29, 1.82) is 0 Å². The molecule has 0 radical (unpaired) electrons. The van der Waals surface area contributed by atoms with Gasteiger partial charge in [0.2, 0.25) is 11.1 Å². The minimum atomic E-state index is -0.0268. The van der Waals surface area contributed by atoms with Crippen LogP contribution in [0.4, 0.5) is 0 Å². The lowest BCUT2D eigenvalue weighted by Gasteiger charge is -2.11. The average Bonchev–Trinajstić information content (AvgIpc) is 3.09. The molecule has 0 saturated heterocycles. The first-order chi connectivity index (χ1) is 13.0. The Kier molecular flexibility index (Phi) is 5.95. The summed E-state index contributed by atoms with van der Waals surface area (Å²) in [4.78, 5) is 21.2. The first-order valence-electron chi connectivity index (χ1n) is 8.68. The van der Waals surface area contributed by atoms with Crippen LogP contribution in [0.25, 0.3) is 5.78 Å². The number of aryl methyl sites for hydroxylation is 2. The number of amides is 1. The maximum atomic E-state index is 12.4. The van der Waals surface area contributed by atoms with E-state index in [2.05, 4.69) is 20.4 Å². The number of ether oxygens (including phenoxy) is 1. The third kappa shape index (κ3) is 4.39. The number of thioether (sulfide) groups is 1. The van der Waals surface area contributed by atoms with Gasteiger partial charge in [-0.3, -0.25) is 4.79 Å². The summed E-state index contributed by atoms with van der Waals surface area (Å²) in [6.07, 6.45) is 2.97. The van der Waals surface area contributed by atoms with E-state index in [1.54, 1.807) is 11.6 Å². The van der Waals surface area contributed by atoms with Gasteiger partial charge in [-0.1, -0.05) is 23.9 Å². The number of carbonyl (C=O) groups is 1. The second kappa shape index (κ2) is 8.39. The number of fused-ring (bicyclic) bond motifs is 1. The molecule has 3 rings (SSSR count). The highest BCUT2D eigenvalue weighted by Crippen LogP contribution is 2.17. The van der Waals surface area contributed by atoms with Gasteiger partial charge in [0.15, 0.2) is 0 Å². The fraction of sp³-hybridized carbons (Fsp3) is 0.368. The lowest BCUT2D eigenvalue weighted by molar-refractivity contribution is -0.120. The van der Waals surface area contributed by atoms with Crippen LogP contribution < -0.4 is 10.1 Å². The standard InChI is InChI=1S/C19H23N5O2S/c1-12-16(13(2)24-18(21-12)22-19(23-24)27-4)11-17(25)20-10-9-14-5-7-15(26-3)8-6-14/h5-8H,9-11H2,1-4H3,(H,20,25). The van der Waals surface area contributed by atoms with Gasteiger partial charge in [-0.2, -0.15) is 4.98 Å². The Labute approximate surface area is 162 Å². The number of nitrogens with zero attached hydrogens (tertiary/aromatic N) is 4. The molecule has 3 aromatic rings. The van der Waals surface area contributed by atoms with Gasteiger partial charge in [0.25, 0.3) is 5.78 Å². The number of rotatable bonds is 7. The fourth-order valence-electron chi connectivity index (χ4n) is 2.89. The summed E-state index contributed by atoms with van der Waals surface area (Å²) >= 11 is 1.47. The Morgan fingerprint density at radius 1 is 1.22 bits per heavy atom. The first kappa shape index (κ1) is 19.2. The molecule has 0 atom stereocenters. The molecule has 0 aliphatic heterocycles. The summed E-state index contributed by atoms with van der Waals surface area (Å²) in [5.74, 6) is 1.37. The topological polar surface area (TPSA) is 81.4 Å². The van der Waals surface area contributed by atoms with Crippen LogP contribution >= 0.6 is 11.8 Å². The summed E-state index contributed by atoms with van der Waals surface area (Å²) in [7, 11) is 1.65. The van der Waals surface area contributed by atoms with Crippen molar-refractivity contribution in [2.24, 2.45) is 0 Å². The average molecular weight is 385 g/mol. The van der Waals surface area contributed by atoms with E-state index in [1.807, 2.05) is 44.4 Å². The van der Waals surface area contributed by atoms with Crippen LogP contribution in [0.5, 0.6) is 5.75 Å². The number of nitrogens with one attached hydrogen (secondary N) is 1. The van der Waals surface area contributed by atoms with Gasteiger partial charge in [0.05, 0.1) is 13.5 Å². The predicted molar refractivity (Wildman–Crippen MR) is 105 cm³/mol. The van der Waals surface area contributed by atoms with Crippen molar-refractivity contribution in [2.45, 2.75) is 31.8 Å². The van der Waals surface area contributed by atoms with E-state index in [9.17, 15) is 4.79 Å². The second-order valence-corrected chi connectivity index (χ2v) is 6.97.